The van der Waals surface area contributed by atoms with Crippen LogP contribution in [0.25, 0.3) is 0 Å². The van der Waals surface area contributed by atoms with Crippen LogP contribution >= 0.6 is 11.8 Å². The van der Waals surface area contributed by atoms with Crippen LogP contribution in [0.4, 0.5) is 10.5 Å². The Morgan fingerprint density at radius 2 is 1.68 bits per heavy atom. The van der Waals surface area contributed by atoms with Crippen molar-refractivity contribution >= 4 is 35.4 Å². The molecule has 0 aliphatic rings. The molecule has 10 heteroatoms. The topological polar surface area (TPSA) is 128 Å². The molecule has 0 aliphatic heterocycles. The van der Waals surface area contributed by atoms with Crippen LogP contribution in [0.15, 0.2) is 42.5 Å². The van der Waals surface area contributed by atoms with Crippen LogP contribution in [0.1, 0.15) is 49.9 Å². The fourth-order valence-corrected chi connectivity index (χ4v) is 4.46. The zero-order chi connectivity index (χ0) is 28.5. The van der Waals surface area contributed by atoms with E-state index < -0.39 is 42.2 Å². The number of nitrogens with one attached hydrogen (secondary N) is 2. The highest BCUT2D eigenvalue weighted by Crippen LogP contribution is 2.32. The molecule has 2 rings (SSSR count). The van der Waals surface area contributed by atoms with Crippen molar-refractivity contribution in [2.24, 2.45) is 0 Å². The van der Waals surface area contributed by atoms with Gasteiger partial charge in [-0.15, -0.1) is 0 Å². The smallest absolute Gasteiger partial charge is 0.408 e. The minimum absolute atomic E-state index is 0.175. The van der Waals surface area contributed by atoms with E-state index in [2.05, 4.69) is 10.6 Å². The quantitative estimate of drug-likeness (QED) is 0.334. The Hall–Kier alpha value is -3.24. The summed E-state index contributed by atoms with van der Waals surface area (Å²) in [6.45, 7) is 8.23. The third kappa shape index (κ3) is 8.66. The van der Waals surface area contributed by atoms with Crippen molar-refractivity contribution in [2.45, 2.75) is 58.7 Å². The van der Waals surface area contributed by atoms with Gasteiger partial charge in [0.05, 0.1) is 6.61 Å². The van der Waals surface area contributed by atoms with E-state index in [1.165, 1.54) is 22.7 Å². The standard InChI is InChI=1S/C28H39N3O6S/c1-18-10-9-11-19(2)23(18)30-25(34)24(20-12-7-8-13-22(20)33)31(15-16-32)26(35)21(14-17-38-6)29-27(36)37-28(3,4)5/h7-13,21,24,32-33H,14-17H2,1-6H3,(H,29,36)(H,30,34). The lowest BCUT2D eigenvalue weighted by atomic mass is 10.0. The molecule has 4 N–H and O–H groups in total. The van der Waals surface area contributed by atoms with Gasteiger partial charge in [0.15, 0.2) is 0 Å². The summed E-state index contributed by atoms with van der Waals surface area (Å²) < 4.78 is 5.36. The average molecular weight is 546 g/mol. The summed E-state index contributed by atoms with van der Waals surface area (Å²) >= 11 is 1.50. The van der Waals surface area contributed by atoms with Crippen molar-refractivity contribution in [3.8, 4) is 5.75 Å². The van der Waals surface area contributed by atoms with Gasteiger partial charge in [0, 0.05) is 17.8 Å². The molecule has 3 amide bonds. The molecule has 0 saturated heterocycles. The Morgan fingerprint density at radius 1 is 1.05 bits per heavy atom. The number of thioether (sulfide) groups is 1. The maximum Gasteiger partial charge on any atom is 0.408 e. The van der Waals surface area contributed by atoms with E-state index in [0.717, 1.165) is 11.1 Å². The number of phenols is 1. The number of alkyl carbamates (subject to hydrolysis) is 1. The number of aliphatic hydroxyl groups is 1. The molecule has 0 spiro atoms. The number of rotatable bonds is 11. The van der Waals surface area contributed by atoms with Crippen LogP contribution in [0, 0.1) is 13.8 Å². The number of aromatic hydroxyl groups is 1. The second-order valence-corrected chi connectivity index (χ2v) is 10.9. The zero-order valence-corrected chi connectivity index (χ0v) is 23.7. The van der Waals surface area contributed by atoms with Gasteiger partial charge in [0.2, 0.25) is 5.91 Å². The van der Waals surface area contributed by atoms with Crippen LogP contribution in [0.2, 0.25) is 0 Å². The number of carbonyl (C=O) groups excluding carboxylic acids is 3. The van der Waals surface area contributed by atoms with Crippen molar-refractivity contribution in [1.82, 2.24) is 10.2 Å². The number of anilines is 1. The number of hydrogen-bond acceptors (Lipinski definition) is 7. The molecule has 9 nitrogen and oxygen atoms in total. The van der Waals surface area contributed by atoms with Gasteiger partial charge in [-0.1, -0.05) is 36.4 Å². The fourth-order valence-electron chi connectivity index (χ4n) is 3.99. The van der Waals surface area contributed by atoms with E-state index in [-0.39, 0.29) is 24.3 Å². The molecule has 0 bridgehead atoms. The fraction of sp³-hybridized carbons (Fsp3) is 0.464. The van der Waals surface area contributed by atoms with Crippen LogP contribution < -0.4 is 10.6 Å². The first kappa shape index (κ1) is 31.0. The van der Waals surface area contributed by atoms with Gasteiger partial charge in [-0.2, -0.15) is 11.8 Å². The van der Waals surface area contributed by atoms with E-state index in [4.69, 9.17) is 4.74 Å². The number of nitrogens with zero attached hydrogens (tertiary/aromatic N) is 1. The second kappa shape index (κ2) is 14.1. The van der Waals surface area contributed by atoms with Crippen LogP contribution in [0.5, 0.6) is 5.75 Å². The first-order valence-electron chi connectivity index (χ1n) is 12.4. The molecule has 38 heavy (non-hydrogen) atoms. The Morgan fingerprint density at radius 3 is 2.24 bits per heavy atom. The van der Waals surface area contributed by atoms with E-state index in [1.807, 2.05) is 38.3 Å². The van der Waals surface area contributed by atoms with Crippen LogP contribution in [0.3, 0.4) is 0 Å². The molecule has 2 aromatic rings. The molecule has 0 saturated carbocycles. The molecule has 0 aliphatic carbocycles. The van der Waals surface area contributed by atoms with Crippen LogP contribution in [-0.2, 0) is 14.3 Å². The number of carbonyl (C=O) groups is 3. The largest absolute Gasteiger partial charge is 0.508 e. The van der Waals surface area contributed by atoms with E-state index in [9.17, 15) is 24.6 Å². The summed E-state index contributed by atoms with van der Waals surface area (Å²) in [5.74, 6) is -0.768. The Labute approximate surface area is 228 Å². The first-order chi connectivity index (χ1) is 17.9. The molecule has 0 fully saturated rings. The predicted octanol–water partition coefficient (Wildman–Crippen LogP) is 4.16. The minimum Gasteiger partial charge on any atom is -0.508 e. The van der Waals surface area contributed by atoms with E-state index >= 15 is 0 Å². The van der Waals surface area contributed by atoms with Gasteiger partial charge in [0.25, 0.3) is 5.91 Å². The highest BCUT2D eigenvalue weighted by molar-refractivity contribution is 7.98. The SMILES string of the molecule is CSCCC(NC(=O)OC(C)(C)C)C(=O)N(CCO)C(C(=O)Nc1c(C)cccc1C)c1ccccc1O. The van der Waals surface area contributed by atoms with Gasteiger partial charge in [-0.3, -0.25) is 9.59 Å². The number of phenolic OH excluding ortho intramolecular Hbond substituents is 1. The monoisotopic (exact) mass is 545 g/mol. The van der Waals surface area contributed by atoms with Gasteiger partial charge < -0.3 is 30.5 Å². The summed E-state index contributed by atoms with van der Waals surface area (Å²) in [6.07, 6.45) is 1.39. The molecule has 2 aromatic carbocycles. The van der Waals surface area contributed by atoms with Gasteiger partial charge in [-0.25, -0.2) is 4.79 Å². The second-order valence-electron chi connectivity index (χ2n) is 9.95. The number of aryl methyl sites for hydroxylation is 2. The third-order valence-electron chi connectivity index (χ3n) is 5.74. The Bertz CT molecular complexity index is 1100. The number of hydrogen-bond donors (Lipinski definition) is 4. The molecule has 208 valence electrons. The lowest BCUT2D eigenvalue weighted by molar-refractivity contribution is -0.141. The number of para-hydroxylation sites is 2. The van der Waals surface area contributed by atoms with Crippen molar-refractivity contribution in [3.05, 3.63) is 59.2 Å². The zero-order valence-electron chi connectivity index (χ0n) is 22.9. The molecule has 0 aromatic heterocycles. The van der Waals surface area contributed by atoms with E-state index in [1.54, 1.807) is 39.0 Å². The summed E-state index contributed by atoms with van der Waals surface area (Å²) in [4.78, 5) is 41.5. The maximum atomic E-state index is 13.9. The minimum atomic E-state index is -1.29. The van der Waals surface area contributed by atoms with Crippen molar-refractivity contribution < 1.29 is 29.3 Å². The van der Waals surface area contributed by atoms with Crippen molar-refractivity contribution in [1.29, 1.82) is 0 Å². The lowest BCUT2D eigenvalue weighted by Gasteiger charge is -2.34. The van der Waals surface area contributed by atoms with E-state index in [0.29, 0.717) is 11.4 Å². The van der Waals surface area contributed by atoms with Gasteiger partial charge in [0.1, 0.15) is 23.4 Å². The highest BCUT2D eigenvalue weighted by atomic mass is 32.2. The molecule has 0 heterocycles. The third-order valence-corrected chi connectivity index (χ3v) is 6.39. The lowest BCUT2D eigenvalue weighted by Crippen LogP contribution is -2.53. The van der Waals surface area contributed by atoms with Crippen molar-refractivity contribution in [2.75, 3.05) is 30.5 Å². The normalized spacial score (nSPS) is 12.8. The Balaban J connectivity index is 2.53. The Kier molecular flexibility index (Phi) is 11.5. The molecule has 0 radical (unpaired) electrons. The number of ether oxygens (including phenoxy) is 1. The maximum absolute atomic E-state index is 13.9. The first-order valence-corrected chi connectivity index (χ1v) is 13.8. The highest BCUT2D eigenvalue weighted by Gasteiger charge is 2.37. The summed E-state index contributed by atoms with van der Waals surface area (Å²) in [5.41, 5.74) is 1.68. The van der Waals surface area contributed by atoms with Gasteiger partial charge >= 0.3 is 6.09 Å². The summed E-state index contributed by atoms with van der Waals surface area (Å²) in [5, 5.41) is 26.1. The molecule has 2 atom stereocenters. The summed E-state index contributed by atoms with van der Waals surface area (Å²) in [6, 6.07) is 9.54. The number of benzene rings is 2. The van der Waals surface area contributed by atoms with Crippen molar-refractivity contribution in [3.63, 3.8) is 0 Å². The predicted molar refractivity (Wildman–Crippen MR) is 150 cm³/mol. The summed E-state index contributed by atoms with van der Waals surface area (Å²) in [7, 11) is 0. The molecular weight excluding hydrogens is 506 g/mol. The molecular formula is C28H39N3O6S. The van der Waals surface area contributed by atoms with Gasteiger partial charge in [-0.05, 0) is 70.2 Å². The molecule has 2 unspecified atom stereocenters. The average Bonchev–Trinajstić information content (AvgIpc) is 2.83. The number of aliphatic hydroxyl groups excluding tert-OH is 1. The van der Waals surface area contributed by atoms with Crippen LogP contribution in [-0.4, -0.2) is 69.8 Å². The number of amides is 3.